The lowest BCUT2D eigenvalue weighted by molar-refractivity contribution is 0.00578. The highest BCUT2D eigenvalue weighted by molar-refractivity contribution is 6.51. The first kappa shape index (κ1) is 14.1. The molecule has 4 heteroatoms. The van der Waals surface area contributed by atoms with Crippen molar-refractivity contribution in [3.63, 3.8) is 0 Å². The Kier molecular flexibility index (Phi) is 4.20. The Bertz CT molecular complexity index is 288. The zero-order valence-corrected chi connectivity index (χ0v) is 12.1. The van der Waals surface area contributed by atoms with Gasteiger partial charge in [-0.2, -0.15) is 0 Å². The molecule has 1 atom stereocenters. The van der Waals surface area contributed by atoms with Gasteiger partial charge in [0.15, 0.2) is 0 Å². The number of allylic oxidation sites excluding steroid dienone is 1. The Morgan fingerprint density at radius 3 is 2.33 bits per heavy atom. The molecule has 102 valence electrons. The molecule has 3 nitrogen and oxygen atoms in total. The van der Waals surface area contributed by atoms with Crippen molar-refractivity contribution in [1.29, 1.82) is 0 Å². The number of hydrogen-bond donors (Lipinski definition) is 0. The van der Waals surface area contributed by atoms with Crippen molar-refractivity contribution in [2.24, 2.45) is 5.92 Å². The maximum Gasteiger partial charge on any atom is 0.486 e. The summed E-state index contributed by atoms with van der Waals surface area (Å²) in [6.45, 7) is 10.1. The van der Waals surface area contributed by atoms with Gasteiger partial charge in [0.25, 0.3) is 0 Å². The molecule has 2 aliphatic heterocycles. The Morgan fingerprint density at radius 1 is 1.00 bits per heavy atom. The lowest BCUT2D eigenvalue weighted by Crippen LogP contribution is -2.41. The predicted octanol–water partition coefficient (Wildman–Crippen LogP) is 2.99. The van der Waals surface area contributed by atoms with E-state index in [2.05, 4.69) is 39.7 Å². The van der Waals surface area contributed by atoms with E-state index >= 15 is 0 Å². The fraction of sp³-hybridized carbons (Fsp3) is 0.857. The van der Waals surface area contributed by atoms with Crippen molar-refractivity contribution >= 4 is 7.12 Å². The molecular weight excluding hydrogens is 227 g/mol. The average molecular weight is 252 g/mol. The molecule has 0 aromatic heterocycles. The second-order valence-corrected chi connectivity index (χ2v) is 6.31. The molecule has 0 radical (unpaired) electrons. The molecule has 2 fully saturated rings. The molecule has 0 spiro atoms. The molecule has 0 aromatic carbocycles. The minimum atomic E-state index is -0.241. The van der Waals surface area contributed by atoms with Gasteiger partial charge in [-0.05, 0) is 52.9 Å². The Balaban J connectivity index is 1.90. The van der Waals surface area contributed by atoms with Crippen molar-refractivity contribution in [3.05, 3.63) is 12.1 Å². The zero-order chi connectivity index (χ0) is 13.2. The van der Waals surface area contributed by atoms with Gasteiger partial charge in [0, 0.05) is 13.2 Å². The van der Waals surface area contributed by atoms with Crippen LogP contribution in [0, 0.1) is 5.92 Å². The van der Waals surface area contributed by atoms with Gasteiger partial charge in [-0.1, -0.05) is 12.1 Å². The third kappa shape index (κ3) is 3.17. The first-order chi connectivity index (χ1) is 8.41. The Hall–Kier alpha value is -0.315. The summed E-state index contributed by atoms with van der Waals surface area (Å²) in [5.74, 6) is 2.68. The predicted molar refractivity (Wildman–Crippen MR) is 73.4 cm³/mol. The van der Waals surface area contributed by atoms with Crippen LogP contribution < -0.4 is 0 Å². The smallest absolute Gasteiger partial charge is 0.400 e. The normalized spacial score (nSPS) is 31.8. The van der Waals surface area contributed by atoms with Crippen LogP contribution in [0.25, 0.3) is 0 Å². The minimum Gasteiger partial charge on any atom is -0.400 e. The zero-order valence-electron chi connectivity index (χ0n) is 12.1. The molecule has 18 heavy (non-hydrogen) atoms. The standard InChI is InChI=1S/C14H25BO3/c1-13(2)14(3,4)18-15(17-13)9-7-12-6-5-10-16-11-8-12/h7,9,12H,5-6,8,10-11H2,1-4H3/b9-7+. The SMILES string of the molecule is CC1(C)OB(/C=C/C2CCCOCC2)OC1(C)C. The summed E-state index contributed by atoms with van der Waals surface area (Å²) in [7, 11) is -0.209. The lowest BCUT2D eigenvalue weighted by atomic mass is 9.86. The van der Waals surface area contributed by atoms with Crippen LogP contribution in [0.3, 0.4) is 0 Å². The molecule has 2 saturated heterocycles. The van der Waals surface area contributed by atoms with Crippen LogP contribution in [0.1, 0.15) is 47.0 Å². The highest BCUT2D eigenvalue weighted by Crippen LogP contribution is 2.37. The van der Waals surface area contributed by atoms with Gasteiger partial charge in [-0.25, -0.2) is 0 Å². The van der Waals surface area contributed by atoms with E-state index in [0.717, 1.165) is 26.1 Å². The van der Waals surface area contributed by atoms with E-state index in [-0.39, 0.29) is 18.3 Å². The van der Waals surface area contributed by atoms with E-state index < -0.39 is 0 Å². The molecule has 0 N–H and O–H groups in total. The monoisotopic (exact) mass is 252 g/mol. The van der Waals surface area contributed by atoms with Crippen LogP contribution in [-0.2, 0) is 14.0 Å². The van der Waals surface area contributed by atoms with E-state index in [9.17, 15) is 0 Å². The van der Waals surface area contributed by atoms with Crippen molar-refractivity contribution in [3.8, 4) is 0 Å². The minimum absolute atomic E-state index is 0.209. The van der Waals surface area contributed by atoms with Crippen molar-refractivity contribution in [2.75, 3.05) is 13.2 Å². The molecule has 0 aromatic rings. The van der Waals surface area contributed by atoms with Crippen molar-refractivity contribution in [2.45, 2.75) is 58.2 Å². The quantitative estimate of drug-likeness (QED) is 0.707. The van der Waals surface area contributed by atoms with E-state index in [1.54, 1.807) is 0 Å². The summed E-state index contributed by atoms with van der Waals surface area (Å²) < 4.78 is 17.4. The van der Waals surface area contributed by atoms with Crippen LogP contribution in [-0.4, -0.2) is 31.5 Å². The summed E-state index contributed by atoms with van der Waals surface area (Å²) in [5, 5.41) is 0. The number of ether oxygens (including phenoxy) is 1. The van der Waals surface area contributed by atoms with E-state index in [0.29, 0.717) is 5.92 Å². The lowest BCUT2D eigenvalue weighted by Gasteiger charge is -2.32. The van der Waals surface area contributed by atoms with Crippen LogP contribution >= 0.6 is 0 Å². The van der Waals surface area contributed by atoms with Crippen LogP contribution in [0.5, 0.6) is 0 Å². The second kappa shape index (κ2) is 5.36. The Labute approximate surface area is 111 Å². The van der Waals surface area contributed by atoms with E-state index in [1.807, 2.05) is 0 Å². The van der Waals surface area contributed by atoms with Gasteiger partial charge in [-0.3, -0.25) is 0 Å². The summed E-state index contributed by atoms with van der Waals surface area (Å²) in [4.78, 5) is 0. The molecule has 0 saturated carbocycles. The molecule has 0 aliphatic carbocycles. The largest absolute Gasteiger partial charge is 0.486 e. The summed E-state index contributed by atoms with van der Waals surface area (Å²) in [6.07, 6.45) is 5.71. The van der Waals surface area contributed by atoms with Gasteiger partial charge in [0.2, 0.25) is 0 Å². The number of hydrogen-bond acceptors (Lipinski definition) is 3. The van der Waals surface area contributed by atoms with Gasteiger partial charge >= 0.3 is 7.12 Å². The fourth-order valence-electron chi connectivity index (χ4n) is 2.34. The highest BCUT2D eigenvalue weighted by Gasteiger charge is 2.50. The van der Waals surface area contributed by atoms with Crippen LogP contribution in [0.2, 0.25) is 0 Å². The molecule has 0 bridgehead atoms. The molecule has 0 amide bonds. The molecular formula is C14H25BO3. The first-order valence-electron chi connectivity index (χ1n) is 7.02. The summed E-state index contributed by atoms with van der Waals surface area (Å²) >= 11 is 0. The van der Waals surface area contributed by atoms with Crippen LogP contribution in [0.15, 0.2) is 12.1 Å². The van der Waals surface area contributed by atoms with Crippen molar-refractivity contribution in [1.82, 2.24) is 0 Å². The van der Waals surface area contributed by atoms with Gasteiger partial charge in [0.05, 0.1) is 11.2 Å². The third-order valence-corrected chi connectivity index (χ3v) is 4.31. The fourth-order valence-corrected chi connectivity index (χ4v) is 2.34. The van der Waals surface area contributed by atoms with E-state index in [1.165, 1.54) is 6.42 Å². The second-order valence-electron chi connectivity index (χ2n) is 6.31. The summed E-state index contributed by atoms with van der Waals surface area (Å²) in [6, 6.07) is 0. The Morgan fingerprint density at radius 2 is 1.67 bits per heavy atom. The van der Waals surface area contributed by atoms with E-state index in [4.69, 9.17) is 14.0 Å². The maximum atomic E-state index is 5.95. The van der Waals surface area contributed by atoms with Gasteiger partial charge in [-0.15, -0.1) is 0 Å². The molecule has 2 aliphatic rings. The maximum absolute atomic E-state index is 5.95. The first-order valence-corrected chi connectivity index (χ1v) is 7.02. The number of rotatable bonds is 2. The van der Waals surface area contributed by atoms with Crippen molar-refractivity contribution < 1.29 is 14.0 Å². The summed E-state index contributed by atoms with van der Waals surface area (Å²) in [5.41, 5.74) is -0.483. The van der Waals surface area contributed by atoms with Gasteiger partial charge < -0.3 is 14.0 Å². The average Bonchev–Trinajstić information content (AvgIpc) is 2.49. The highest BCUT2D eigenvalue weighted by atomic mass is 16.7. The van der Waals surface area contributed by atoms with Gasteiger partial charge in [0.1, 0.15) is 0 Å². The van der Waals surface area contributed by atoms with Crippen LogP contribution in [0.4, 0.5) is 0 Å². The molecule has 1 unspecified atom stereocenters. The molecule has 2 rings (SSSR count). The molecule has 2 heterocycles. The third-order valence-electron chi connectivity index (χ3n) is 4.31. The topological polar surface area (TPSA) is 27.7 Å².